The van der Waals surface area contributed by atoms with Crippen LogP contribution in [0.1, 0.15) is 0 Å². The van der Waals surface area contributed by atoms with E-state index in [1.54, 1.807) is 0 Å². The standard InChI is InChI=1S/C12H13N.Li/c1-13(2)12-9-5-7-10-6-3-4-8-11(10)12;/h3-9H,1-2H3;. The van der Waals surface area contributed by atoms with Gasteiger partial charge in [0.05, 0.1) is 0 Å². The second-order valence-corrected chi connectivity index (χ2v) is 3.39. The number of fused-ring (bicyclic) bond motifs is 1. The first-order valence-corrected chi connectivity index (χ1v) is 4.44. The van der Waals surface area contributed by atoms with Crippen molar-refractivity contribution < 1.29 is 0 Å². The molecule has 0 saturated carbocycles. The van der Waals surface area contributed by atoms with Crippen LogP contribution < -0.4 is 4.90 Å². The van der Waals surface area contributed by atoms with Crippen LogP contribution in [0.5, 0.6) is 0 Å². The van der Waals surface area contributed by atoms with Crippen LogP contribution in [0.15, 0.2) is 42.5 Å². The van der Waals surface area contributed by atoms with Gasteiger partial charge in [0.2, 0.25) is 0 Å². The second-order valence-electron chi connectivity index (χ2n) is 3.39. The summed E-state index contributed by atoms with van der Waals surface area (Å²) in [6.45, 7) is 0. The van der Waals surface area contributed by atoms with Crippen molar-refractivity contribution in [2.45, 2.75) is 0 Å². The average molecular weight is 178 g/mol. The van der Waals surface area contributed by atoms with Crippen LogP contribution in [0.3, 0.4) is 0 Å². The Morgan fingerprint density at radius 2 is 1.50 bits per heavy atom. The second kappa shape index (κ2) is 4.55. The zero-order chi connectivity index (χ0) is 9.26. The molecule has 2 aromatic rings. The number of benzene rings is 2. The minimum absolute atomic E-state index is 0. The smallest absolute Gasteiger partial charge is 0.0440 e. The summed E-state index contributed by atoms with van der Waals surface area (Å²) >= 11 is 0. The Bertz CT molecular complexity index is 418. The molecule has 1 radical (unpaired) electrons. The van der Waals surface area contributed by atoms with Gasteiger partial charge in [0, 0.05) is 44.0 Å². The first kappa shape index (κ1) is 11.2. The SMILES string of the molecule is CN(C)c1cccc2ccccc12.[Li]. The van der Waals surface area contributed by atoms with Crippen molar-refractivity contribution in [3.05, 3.63) is 42.5 Å². The third-order valence-electron chi connectivity index (χ3n) is 2.25. The molecule has 0 atom stereocenters. The topological polar surface area (TPSA) is 3.24 Å². The van der Waals surface area contributed by atoms with E-state index in [0.717, 1.165) is 0 Å². The molecule has 2 aromatic carbocycles. The van der Waals surface area contributed by atoms with Crippen LogP contribution in [-0.2, 0) is 0 Å². The predicted octanol–water partition coefficient (Wildman–Crippen LogP) is 2.53. The zero-order valence-electron chi connectivity index (χ0n) is 8.99. The van der Waals surface area contributed by atoms with Gasteiger partial charge in [-0.1, -0.05) is 36.4 Å². The van der Waals surface area contributed by atoms with E-state index in [1.165, 1.54) is 16.5 Å². The number of hydrogen-bond acceptors (Lipinski definition) is 1. The molecule has 1 nitrogen and oxygen atoms in total. The van der Waals surface area contributed by atoms with Gasteiger partial charge in [-0.05, 0) is 11.5 Å². The van der Waals surface area contributed by atoms with Gasteiger partial charge in [-0.25, -0.2) is 0 Å². The normalized spacial score (nSPS) is 9.57. The first-order valence-electron chi connectivity index (χ1n) is 4.44. The fourth-order valence-electron chi connectivity index (χ4n) is 1.60. The number of nitrogens with zero attached hydrogens (tertiary/aromatic N) is 1. The summed E-state index contributed by atoms with van der Waals surface area (Å²) in [5.41, 5.74) is 1.28. The average Bonchev–Trinajstić information content (AvgIpc) is 2.17. The summed E-state index contributed by atoms with van der Waals surface area (Å²) in [6, 6.07) is 14.8. The van der Waals surface area contributed by atoms with Gasteiger partial charge in [-0.2, -0.15) is 0 Å². The molecule has 0 unspecified atom stereocenters. The molecule has 14 heavy (non-hydrogen) atoms. The molecule has 0 heterocycles. The Hall–Kier alpha value is -0.903. The molecule has 0 aromatic heterocycles. The molecule has 0 N–H and O–H groups in total. The van der Waals surface area contributed by atoms with Crippen molar-refractivity contribution in [3.8, 4) is 0 Å². The van der Waals surface area contributed by atoms with Crippen molar-refractivity contribution in [1.29, 1.82) is 0 Å². The molecular weight excluding hydrogens is 165 g/mol. The molecule has 0 aliphatic carbocycles. The van der Waals surface area contributed by atoms with Gasteiger partial charge in [-0.15, -0.1) is 0 Å². The van der Waals surface area contributed by atoms with E-state index in [0.29, 0.717) is 0 Å². The van der Waals surface area contributed by atoms with Gasteiger partial charge in [-0.3, -0.25) is 0 Å². The molecule has 0 fully saturated rings. The third kappa shape index (κ3) is 1.95. The Morgan fingerprint density at radius 1 is 0.857 bits per heavy atom. The molecule has 0 spiro atoms. The Kier molecular flexibility index (Phi) is 3.63. The van der Waals surface area contributed by atoms with E-state index < -0.39 is 0 Å². The molecular formula is C12H13LiN. The molecule has 0 saturated heterocycles. The van der Waals surface area contributed by atoms with Crippen LogP contribution in [-0.4, -0.2) is 33.0 Å². The Morgan fingerprint density at radius 3 is 2.21 bits per heavy atom. The number of rotatable bonds is 1. The summed E-state index contributed by atoms with van der Waals surface area (Å²) < 4.78 is 0. The maximum absolute atomic E-state index is 2.16. The van der Waals surface area contributed by atoms with Gasteiger partial charge < -0.3 is 4.90 Å². The minimum Gasteiger partial charge on any atom is -0.377 e. The number of hydrogen-bond donors (Lipinski definition) is 0. The molecule has 0 aliphatic rings. The van der Waals surface area contributed by atoms with E-state index in [1.807, 2.05) is 0 Å². The summed E-state index contributed by atoms with van der Waals surface area (Å²) in [7, 11) is 4.14. The van der Waals surface area contributed by atoms with E-state index >= 15 is 0 Å². The summed E-state index contributed by atoms with van der Waals surface area (Å²) in [4.78, 5) is 2.14. The monoisotopic (exact) mass is 178 g/mol. The van der Waals surface area contributed by atoms with E-state index in [9.17, 15) is 0 Å². The van der Waals surface area contributed by atoms with Crippen molar-refractivity contribution in [3.63, 3.8) is 0 Å². The molecule has 0 aliphatic heterocycles. The number of anilines is 1. The van der Waals surface area contributed by atoms with Crippen LogP contribution in [0.25, 0.3) is 10.8 Å². The van der Waals surface area contributed by atoms with Crippen molar-refractivity contribution in [2.24, 2.45) is 0 Å². The maximum Gasteiger partial charge on any atom is 0.0440 e. The third-order valence-corrected chi connectivity index (χ3v) is 2.25. The van der Waals surface area contributed by atoms with Crippen molar-refractivity contribution in [1.82, 2.24) is 0 Å². The maximum atomic E-state index is 2.16. The van der Waals surface area contributed by atoms with Crippen LogP contribution in [0, 0.1) is 0 Å². The summed E-state index contributed by atoms with van der Waals surface area (Å²) in [6.07, 6.45) is 0. The fourth-order valence-corrected chi connectivity index (χ4v) is 1.60. The van der Waals surface area contributed by atoms with Gasteiger partial charge in [0.1, 0.15) is 0 Å². The van der Waals surface area contributed by atoms with Crippen molar-refractivity contribution in [2.75, 3.05) is 19.0 Å². The predicted molar refractivity (Wildman–Crippen MR) is 64.0 cm³/mol. The van der Waals surface area contributed by atoms with Crippen LogP contribution >= 0.6 is 0 Å². The Balaban J connectivity index is 0.000000980. The van der Waals surface area contributed by atoms with Gasteiger partial charge in [0.15, 0.2) is 0 Å². The van der Waals surface area contributed by atoms with Gasteiger partial charge >= 0.3 is 0 Å². The van der Waals surface area contributed by atoms with Crippen LogP contribution in [0.4, 0.5) is 5.69 Å². The first-order chi connectivity index (χ1) is 6.29. The molecule has 2 heteroatoms. The largest absolute Gasteiger partial charge is 0.377 e. The fraction of sp³-hybridized carbons (Fsp3) is 0.167. The van der Waals surface area contributed by atoms with Crippen LogP contribution in [0.2, 0.25) is 0 Å². The van der Waals surface area contributed by atoms with Gasteiger partial charge in [0.25, 0.3) is 0 Å². The van der Waals surface area contributed by atoms with E-state index in [4.69, 9.17) is 0 Å². The quantitative estimate of drug-likeness (QED) is 0.606. The summed E-state index contributed by atoms with van der Waals surface area (Å²) in [5, 5.41) is 2.61. The molecule has 0 bridgehead atoms. The van der Waals surface area contributed by atoms with Crippen molar-refractivity contribution >= 4 is 35.3 Å². The van der Waals surface area contributed by atoms with E-state index in [-0.39, 0.29) is 18.9 Å². The summed E-state index contributed by atoms with van der Waals surface area (Å²) in [5.74, 6) is 0. The molecule has 2 rings (SSSR count). The molecule has 0 amide bonds. The molecule has 67 valence electrons. The zero-order valence-corrected chi connectivity index (χ0v) is 8.99. The van der Waals surface area contributed by atoms with E-state index in [2.05, 4.69) is 61.5 Å². The minimum atomic E-state index is 0. The Labute approximate surface area is 96.9 Å².